The van der Waals surface area contributed by atoms with Crippen LogP contribution in [0.25, 0.3) is 0 Å². The molecule has 0 saturated carbocycles. The molecule has 2 rings (SSSR count). The minimum absolute atomic E-state index is 0.0194. The van der Waals surface area contributed by atoms with E-state index in [4.69, 9.17) is 4.74 Å². The molecule has 0 aliphatic rings. The molecule has 0 heterocycles. The SMILES string of the molecule is CCC(C)C(NC(=O)CN(C)C)C(=O)NC(Cc1ccccc1)C(O)CN(CC(C)C)S(=O)(=O)c1ccc(OC)cc1. The zero-order valence-electron chi connectivity index (χ0n) is 25.9. The maximum atomic E-state index is 13.7. The molecule has 2 amide bonds. The molecule has 42 heavy (non-hydrogen) atoms. The zero-order chi connectivity index (χ0) is 31.4. The Morgan fingerprint density at radius 3 is 2.10 bits per heavy atom. The second-order valence-corrected chi connectivity index (χ2v) is 13.4. The monoisotopic (exact) mass is 604 g/mol. The molecule has 4 unspecified atom stereocenters. The lowest BCUT2D eigenvalue weighted by atomic mass is 9.96. The average molecular weight is 605 g/mol. The van der Waals surface area contributed by atoms with Gasteiger partial charge in [-0.15, -0.1) is 0 Å². The largest absolute Gasteiger partial charge is 0.497 e. The number of amides is 2. The minimum atomic E-state index is -3.97. The van der Waals surface area contributed by atoms with Gasteiger partial charge in [-0.1, -0.05) is 64.4 Å². The fourth-order valence-corrected chi connectivity index (χ4v) is 6.16. The van der Waals surface area contributed by atoms with Crippen molar-refractivity contribution in [2.45, 2.75) is 63.6 Å². The van der Waals surface area contributed by atoms with Crippen LogP contribution in [0.1, 0.15) is 39.7 Å². The summed E-state index contributed by atoms with van der Waals surface area (Å²) in [6.07, 6.45) is -0.324. The Hall–Kier alpha value is -2.99. The molecule has 0 fully saturated rings. The van der Waals surface area contributed by atoms with E-state index in [-0.39, 0.29) is 48.7 Å². The van der Waals surface area contributed by atoms with Crippen molar-refractivity contribution >= 4 is 21.8 Å². The van der Waals surface area contributed by atoms with Gasteiger partial charge < -0.3 is 25.4 Å². The van der Waals surface area contributed by atoms with E-state index in [0.717, 1.165) is 5.56 Å². The van der Waals surface area contributed by atoms with Crippen LogP contribution < -0.4 is 15.4 Å². The number of carbonyl (C=O) groups is 2. The van der Waals surface area contributed by atoms with Crippen LogP contribution in [0.15, 0.2) is 59.5 Å². The molecule has 0 aliphatic carbocycles. The van der Waals surface area contributed by atoms with Crippen molar-refractivity contribution in [1.29, 1.82) is 0 Å². The number of nitrogens with zero attached hydrogens (tertiary/aromatic N) is 2. The zero-order valence-corrected chi connectivity index (χ0v) is 26.7. The summed E-state index contributed by atoms with van der Waals surface area (Å²) in [5.74, 6) is -0.365. The molecule has 2 aromatic carbocycles. The van der Waals surface area contributed by atoms with Gasteiger partial charge in [0.05, 0.1) is 30.7 Å². The molecular formula is C31H48N4O6S. The normalized spacial score (nSPS) is 14.8. The van der Waals surface area contributed by atoms with E-state index in [2.05, 4.69) is 10.6 Å². The van der Waals surface area contributed by atoms with E-state index in [1.54, 1.807) is 31.1 Å². The summed E-state index contributed by atoms with van der Waals surface area (Å²) in [7, 11) is 1.08. The lowest BCUT2D eigenvalue weighted by Gasteiger charge is -2.32. The Balaban J connectivity index is 2.38. The Bertz CT molecular complexity index is 1220. The fourth-order valence-electron chi connectivity index (χ4n) is 4.54. The molecule has 234 valence electrons. The highest BCUT2D eigenvalue weighted by Crippen LogP contribution is 2.22. The molecule has 2 aromatic rings. The van der Waals surface area contributed by atoms with E-state index in [9.17, 15) is 23.1 Å². The first-order valence-corrected chi connectivity index (χ1v) is 15.8. The van der Waals surface area contributed by atoms with Gasteiger partial charge in [0.25, 0.3) is 0 Å². The number of aliphatic hydroxyl groups excluding tert-OH is 1. The van der Waals surface area contributed by atoms with Gasteiger partial charge in [0.1, 0.15) is 11.8 Å². The molecule has 0 radical (unpaired) electrons. The van der Waals surface area contributed by atoms with E-state index in [1.807, 2.05) is 58.0 Å². The fraction of sp³-hybridized carbons (Fsp3) is 0.548. The molecule has 10 nitrogen and oxygen atoms in total. The maximum absolute atomic E-state index is 13.7. The first kappa shape index (κ1) is 35.2. The number of hydrogen-bond acceptors (Lipinski definition) is 7. The van der Waals surface area contributed by atoms with Crippen LogP contribution in [-0.2, 0) is 26.0 Å². The minimum Gasteiger partial charge on any atom is -0.497 e. The molecule has 4 atom stereocenters. The molecule has 11 heteroatoms. The van der Waals surface area contributed by atoms with Crippen LogP contribution in [0.2, 0.25) is 0 Å². The standard InChI is InChI=1S/C31H48N4O6S/c1-8-23(4)30(33-29(37)21-34(5)6)31(38)32-27(18-24-12-10-9-11-13-24)28(36)20-35(19-22(2)3)42(39,40)26-16-14-25(41-7)15-17-26/h9-17,22-23,27-28,30,36H,8,18-21H2,1-7H3,(H,32,38)(H,33,37). The van der Waals surface area contributed by atoms with Gasteiger partial charge >= 0.3 is 0 Å². The van der Waals surface area contributed by atoms with E-state index >= 15 is 0 Å². The van der Waals surface area contributed by atoms with Crippen molar-refractivity contribution in [3.63, 3.8) is 0 Å². The number of methoxy groups -OCH3 is 1. The van der Waals surface area contributed by atoms with Gasteiger partial charge in [0.15, 0.2) is 0 Å². The first-order chi connectivity index (χ1) is 19.8. The van der Waals surface area contributed by atoms with E-state index in [0.29, 0.717) is 12.2 Å². The molecule has 0 saturated heterocycles. The smallest absolute Gasteiger partial charge is 0.243 e. The van der Waals surface area contributed by atoms with E-state index in [1.165, 1.54) is 23.5 Å². The summed E-state index contributed by atoms with van der Waals surface area (Å²) in [6.45, 7) is 7.70. The highest BCUT2D eigenvalue weighted by molar-refractivity contribution is 7.89. The van der Waals surface area contributed by atoms with Crippen molar-refractivity contribution in [3.8, 4) is 5.75 Å². The van der Waals surface area contributed by atoms with Crippen molar-refractivity contribution < 1.29 is 27.9 Å². The number of nitrogens with one attached hydrogen (secondary N) is 2. The van der Waals surface area contributed by atoms with E-state index < -0.39 is 34.1 Å². The molecule has 0 aromatic heterocycles. The van der Waals surface area contributed by atoms with Crippen LogP contribution in [0.3, 0.4) is 0 Å². The molecule has 0 aliphatic heterocycles. The molecule has 0 spiro atoms. The highest BCUT2D eigenvalue weighted by Gasteiger charge is 2.34. The Morgan fingerprint density at radius 1 is 0.952 bits per heavy atom. The lowest BCUT2D eigenvalue weighted by molar-refractivity contribution is -0.131. The second kappa shape index (κ2) is 16.6. The summed E-state index contributed by atoms with van der Waals surface area (Å²) in [5, 5.41) is 17.3. The topological polar surface area (TPSA) is 128 Å². The summed E-state index contributed by atoms with van der Waals surface area (Å²) < 4.78 is 33.8. The second-order valence-electron chi connectivity index (χ2n) is 11.4. The number of aliphatic hydroxyl groups is 1. The van der Waals surface area contributed by atoms with Crippen LogP contribution in [0.5, 0.6) is 5.75 Å². The van der Waals surface area contributed by atoms with Crippen molar-refractivity contribution in [2.75, 3.05) is 40.8 Å². The number of likely N-dealkylation sites (N-methyl/N-ethyl adjacent to an activating group) is 1. The predicted octanol–water partition coefficient (Wildman–Crippen LogP) is 2.52. The van der Waals surface area contributed by atoms with Crippen LogP contribution >= 0.6 is 0 Å². The average Bonchev–Trinajstić information content (AvgIpc) is 2.94. The first-order valence-electron chi connectivity index (χ1n) is 14.4. The van der Waals surface area contributed by atoms with Crippen molar-refractivity contribution in [1.82, 2.24) is 19.8 Å². The quantitative estimate of drug-likeness (QED) is 0.253. The van der Waals surface area contributed by atoms with Crippen molar-refractivity contribution in [2.24, 2.45) is 11.8 Å². The number of rotatable bonds is 17. The Labute approximate surface area is 251 Å². The number of benzene rings is 2. The van der Waals surface area contributed by atoms with Gasteiger partial charge in [0, 0.05) is 13.1 Å². The predicted molar refractivity (Wildman–Crippen MR) is 165 cm³/mol. The van der Waals surface area contributed by atoms with Gasteiger partial charge in [-0.3, -0.25) is 9.59 Å². The Kier molecular flexibility index (Phi) is 13.9. The number of ether oxygens (including phenoxy) is 1. The summed E-state index contributed by atoms with van der Waals surface area (Å²) in [5.41, 5.74) is 0.868. The van der Waals surface area contributed by atoms with Gasteiger partial charge in [-0.2, -0.15) is 4.31 Å². The maximum Gasteiger partial charge on any atom is 0.243 e. The third-order valence-corrected chi connectivity index (χ3v) is 8.86. The lowest BCUT2D eigenvalue weighted by Crippen LogP contribution is -2.57. The van der Waals surface area contributed by atoms with Crippen LogP contribution in [-0.4, -0.2) is 93.6 Å². The third-order valence-electron chi connectivity index (χ3n) is 7.02. The molecule has 3 N–H and O–H groups in total. The summed E-state index contributed by atoms with van der Waals surface area (Å²) in [4.78, 5) is 28.0. The number of carbonyl (C=O) groups excluding carboxylic acids is 2. The van der Waals surface area contributed by atoms with Gasteiger partial charge in [0.2, 0.25) is 21.8 Å². The van der Waals surface area contributed by atoms with Gasteiger partial charge in [-0.25, -0.2) is 8.42 Å². The third kappa shape index (κ3) is 10.7. The van der Waals surface area contributed by atoms with Crippen LogP contribution in [0.4, 0.5) is 0 Å². The summed E-state index contributed by atoms with van der Waals surface area (Å²) in [6, 6.07) is 13.8. The number of sulfonamides is 1. The molecular weight excluding hydrogens is 556 g/mol. The molecule has 0 bridgehead atoms. The van der Waals surface area contributed by atoms with Crippen molar-refractivity contribution in [3.05, 3.63) is 60.2 Å². The Morgan fingerprint density at radius 2 is 1.57 bits per heavy atom. The summed E-state index contributed by atoms with van der Waals surface area (Å²) >= 11 is 0. The number of hydrogen-bond donors (Lipinski definition) is 3. The van der Waals surface area contributed by atoms with Gasteiger partial charge in [-0.05, 0) is 62.2 Å². The van der Waals surface area contributed by atoms with Crippen LogP contribution in [0, 0.1) is 11.8 Å². The highest BCUT2D eigenvalue weighted by atomic mass is 32.2.